The molecule has 0 spiro atoms. The Morgan fingerprint density at radius 2 is 1.86 bits per heavy atom. The van der Waals surface area contributed by atoms with Gasteiger partial charge in [0.05, 0.1) is 11.4 Å². The summed E-state index contributed by atoms with van der Waals surface area (Å²) in [6.07, 6.45) is 2.11. The van der Waals surface area contributed by atoms with Crippen LogP contribution in [0.15, 0.2) is 30.6 Å². The molecule has 0 radical (unpaired) electrons. The molecule has 0 bridgehead atoms. The number of rotatable bonds is 3. The zero-order valence-electron chi connectivity index (χ0n) is 16.6. The summed E-state index contributed by atoms with van der Waals surface area (Å²) in [5.74, 6) is -3.54. The summed E-state index contributed by atoms with van der Waals surface area (Å²) < 4.78 is 47.0. The van der Waals surface area contributed by atoms with E-state index in [1.54, 1.807) is 26.8 Å². The van der Waals surface area contributed by atoms with Crippen LogP contribution in [-0.4, -0.2) is 27.6 Å². The molecule has 156 valence electrons. The van der Waals surface area contributed by atoms with Crippen molar-refractivity contribution in [3.8, 4) is 11.3 Å². The molecule has 8 heteroatoms. The van der Waals surface area contributed by atoms with E-state index in [4.69, 9.17) is 4.74 Å². The second-order valence-electron chi connectivity index (χ2n) is 8.21. The van der Waals surface area contributed by atoms with Crippen molar-refractivity contribution in [3.63, 3.8) is 0 Å². The van der Waals surface area contributed by atoms with Gasteiger partial charge >= 0.3 is 6.09 Å². The van der Waals surface area contributed by atoms with Gasteiger partial charge in [-0.2, -0.15) is 0 Å². The van der Waals surface area contributed by atoms with Gasteiger partial charge in [0.1, 0.15) is 17.1 Å². The molecule has 1 saturated carbocycles. The zero-order valence-corrected chi connectivity index (χ0v) is 16.6. The van der Waals surface area contributed by atoms with Crippen LogP contribution in [0.5, 0.6) is 0 Å². The molecular weight excluding hydrogens is 383 g/mol. The molecule has 1 amide bonds. The van der Waals surface area contributed by atoms with Crippen LogP contribution < -0.4 is 5.32 Å². The summed E-state index contributed by atoms with van der Waals surface area (Å²) in [6.45, 7) is 5.16. The minimum Gasteiger partial charge on any atom is -0.444 e. The summed E-state index contributed by atoms with van der Waals surface area (Å²) in [5.41, 5.74) is 0.318. The molecule has 1 fully saturated rings. The lowest BCUT2D eigenvalue weighted by Crippen LogP contribution is -2.29. The fourth-order valence-corrected chi connectivity index (χ4v) is 3.42. The summed E-state index contributed by atoms with van der Waals surface area (Å²) in [4.78, 5) is 20.9. The third-order valence-corrected chi connectivity index (χ3v) is 4.72. The molecule has 1 N–H and O–H groups in total. The number of alkyl halides is 2. The number of pyridine rings is 2. The number of ether oxygens (including phenoxy) is 1. The van der Waals surface area contributed by atoms with Crippen LogP contribution in [0, 0.1) is 5.82 Å². The molecule has 0 unspecified atom stereocenters. The van der Waals surface area contributed by atoms with E-state index in [1.807, 2.05) is 0 Å². The predicted octanol–water partition coefficient (Wildman–Crippen LogP) is 5.92. The van der Waals surface area contributed by atoms with Crippen LogP contribution in [0.1, 0.15) is 58.1 Å². The predicted molar refractivity (Wildman–Crippen MR) is 103 cm³/mol. The minimum atomic E-state index is -2.69. The number of hydrogen-bond donors (Lipinski definition) is 1. The number of nitrogens with one attached hydrogen (secondary N) is 1. The van der Waals surface area contributed by atoms with E-state index in [-0.39, 0.29) is 43.0 Å². The monoisotopic (exact) mass is 407 g/mol. The first-order valence-electron chi connectivity index (χ1n) is 9.53. The zero-order chi connectivity index (χ0) is 21.2. The van der Waals surface area contributed by atoms with Crippen LogP contribution >= 0.6 is 0 Å². The summed E-state index contributed by atoms with van der Waals surface area (Å²) >= 11 is 0. The number of amides is 1. The quantitative estimate of drug-likeness (QED) is 0.686. The first-order valence-corrected chi connectivity index (χ1v) is 9.53. The summed E-state index contributed by atoms with van der Waals surface area (Å²) in [6, 6.07) is 4.27. The smallest absolute Gasteiger partial charge is 0.412 e. The molecular formula is C21H24F3N3O2. The molecule has 0 atom stereocenters. The van der Waals surface area contributed by atoms with Crippen molar-refractivity contribution in [2.75, 3.05) is 5.32 Å². The van der Waals surface area contributed by atoms with Crippen molar-refractivity contribution in [2.24, 2.45) is 0 Å². The molecule has 5 nitrogen and oxygen atoms in total. The number of anilines is 1. The topological polar surface area (TPSA) is 64.1 Å². The molecule has 3 rings (SSSR count). The Hall–Kier alpha value is -2.64. The third-order valence-electron chi connectivity index (χ3n) is 4.72. The number of carbonyl (C=O) groups is 1. The van der Waals surface area contributed by atoms with Gasteiger partial charge in [-0.25, -0.2) is 18.0 Å². The van der Waals surface area contributed by atoms with E-state index in [0.717, 1.165) is 0 Å². The van der Waals surface area contributed by atoms with E-state index in [0.29, 0.717) is 11.3 Å². The highest BCUT2D eigenvalue weighted by atomic mass is 19.3. The maximum absolute atomic E-state index is 14.4. The standard InChI is InChI=1S/C21H24F3N3O2/c1-20(2,3)29-19(28)27-18-14(17-15(22)5-4-11-25-17)8-12-26-16(18)13-6-9-21(23,24)10-7-13/h4-5,8,11-13H,6-7,9-10H2,1-3H3,(H,27,28). The molecule has 2 aromatic heterocycles. The van der Waals surface area contributed by atoms with Crippen LogP contribution in [0.25, 0.3) is 11.3 Å². The summed E-state index contributed by atoms with van der Waals surface area (Å²) in [5, 5.41) is 2.66. The Bertz CT molecular complexity index is 887. The second-order valence-corrected chi connectivity index (χ2v) is 8.21. The number of aromatic nitrogens is 2. The van der Waals surface area contributed by atoms with Gasteiger partial charge in [-0.05, 0) is 51.8 Å². The lowest BCUT2D eigenvalue weighted by atomic mass is 9.83. The molecule has 1 aliphatic carbocycles. The highest BCUT2D eigenvalue weighted by Gasteiger charge is 2.37. The first kappa shape index (κ1) is 21.1. The maximum atomic E-state index is 14.4. The molecule has 2 aromatic rings. The lowest BCUT2D eigenvalue weighted by Gasteiger charge is -2.29. The Morgan fingerprint density at radius 3 is 2.48 bits per heavy atom. The van der Waals surface area contributed by atoms with Gasteiger partial charge in [0, 0.05) is 36.7 Å². The molecule has 0 aromatic carbocycles. The SMILES string of the molecule is CC(C)(C)OC(=O)Nc1c(-c2ncccc2F)ccnc1C1CCC(F)(F)CC1. The minimum absolute atomic E-state index is 0.0448. The largest absolute Gasteiger partial charge is 0.444 e. The second kappa shape index (κ2) is 8.00. The maximum Gasteiger partial charge on any atom is 0.412 e. The average molecular weight is 407 g/mol. The van der Waals surface area contributed by atoms with E-state index < -0.39 is 23.4 Å². The molecule has 0 aliphatic heterocycles. The highest BCUT2D eigenvalue weighted by Crippen LogP contribution is 2.44. The van der Waals surface area contributed by atoms with Crippen LogP contribution in [-0.2, 0) is 4.74 Å². The molecule has 1 aliphatic rings. The van der Waals surface area contributed by atoms with Crippen molar-refractivity contribution < 1.29 is 22.7 Å². The van der Waals surface area contributed by atoms with E-state index in [9.17, 15) is 18.0 Å². The van der Waals surface area contributed by atoms with Crippen molar-refractivity contribution in [1.82, 2.24) is 9.97 Å². The Kier molecular flexibility index (Phi) is 5.82. The van der Waals surface area contributed by atoms with Crippen LogP contribution in [0.3, 0.4) is 0 Å². The lowest BCUT2D eigenvalue weighted by molar-refractivity contribution is -0.0384. The van der Waals surface area contributed by atoms with Crippen molar-refractivity contribution in [3.05, 3.63) is 42.1 Å². The van der Waals surface area contributed by atoms with Crippen LogP contribution in [0.2, 0.25) is 0 Å². The van der Waals surface area contributed by atoms with Gasteiger partial charge < -0.3 is 4.74 Å². The number of nitrogens with zero attached hydrogens (tertiary/aromatic N) is 2. The van der Waals surface area contributed by atoms with Crippen molar-refractivity contribution in [2.45, 2.75) is 63.9 Å². The summed E-state index contributed by atoms with van der Waals surface area (Å²) in [7, 11) is 0. The van der Waals surface area contributed by atoms with Gasteiger partial charge in [0.25, 0.3) is 0 Å². The Labute approximate surface area is 167 Å². The van der Waals surface area contributed by atoms with Crippen LogP contribution in [0.4, 0.5) is 23.7 Å². The third kappa shape index (κ3) is 5.25. The van der Waals surface area contributed by atoms with Gasteiger partial charge in [-0.1, -0.05) is 0 Å². The molecule has 2 heterocycles. The fourth-order valence-electron chi connectivity index (χ4n) is 3.42. The Morgan fingerprint density at radius 1 is 1.17 bits per heavy atom. The van der Waals surface area contributed by atoms with Gasteiger partial charge in [0.2, 0.25) is 5.92 Å². The number of halogens is 3. The average Bonchev–Trinajstić information content (AvgIpc) is 2.61. The van der Waals surface area contributed by atoms with Gasteiger partial charge in [-0.15, -0.1) is 0 Å². The number of hydrogen-bond acceptors (Lipinski definition) is 4. The van der Waals surface area contributed by atoms with Crippen molar-refractivity contribution in [1.29, 1.82) is 0 Å². The highest BCUT2D eigenvalue weighted by molar-refractivity contribution is 5.92. The van der Waals surface area contributed by atoms with E-state index >= 15 is 0 Å². The fraction of sp³-hybridized carbons (Fsp3) is 0.476. The van der Waals surface area contributed by atoms with Gasteiger partial charge in [-0.3, -0.25) is 15.3 Å². The Balaban J connectivity index is 2.03. The molecule has 0 saturated heterocycles. The van der Waals surface area contributed by atoms with E-state index in [2.05, 4.69) is 15.3 Å². The number of carbonyl (C=O) groups excluding carboxylic acids is 1. The first-order chi connectivity index (χ1) is 13.6. The normalized spacial score (nSPS) is 17.0. The van der Waals surface area contributed by atoms with Crippen molar-refractivity contribution >= 4 is 11.8 Å². The van der Waals surface area contributed by atoms with E-state index in [1.165, 1.54) is 24.5 Å². The molecule has 29 heavy (non-hydrogen) atoms. The van der Waals surface area contributed by atoms with Gasteiger partial charge in [0.15, 0.2) is 0 Å².